The molecule has 3 aromatic rings. The Hall–Kier alpha value is -2.92. The van der Waals surface area contributed by atoms with Crippen molar-refractivity contribution in [3.05, 3.63) is 78.0 Å². The smallest absolute Gasteiger partial charge is 0.243 e. The molecule has 0 amide bonds. The van der Waals surface area contributed by atoms with Crippen molar-refractivity contribution in [2.45, 2.75) is 49.5 Å². The predicted molar refractivity (Wildman–Crippen MR) is 144 cm³/mol. The van der Waals surface area contributed by atoms with Crippen molar-refractivity contribution in [1.29, 1.82) is 0 Å². The van der Waals surface area contributed by atoms with E-state index in [2.05, 4.69) is 20.6 Å². The van der Waals surface area contributed by atoms with E-state index in [-0.39, 0.29) is 11.9 Å². The second-order valence-corrected chi connectivity index (χ2v) is 11.1. The van der Waals surface area contributed by atoms with Gasteiger partial charge >= 0.3 is 0 Å². The van der Waals surface area contributed by atoms with E-state index >= 15 is 0 Å². The highest BCUT2D eigenvalue weighted by atomic mass is 32.2. The summed E-state index contributed by atoms with van der Waals surface area (Å²) in [6.45, 7) is 2.79. The highest BCUT2D eigenvalue weighted by molar-refractivity contribution is 7.89. The minimum Gasteiger partial charge on any atom is -0.340 e. The number of piperidine rings is 1. The first kappa shape index (κ1) is 27.1. The average molecular weight is 527 g/mol. The van der Waals surface area contributed by atoms with Crippen molar-refractivity contribution in [1.82, 2.24) is 19.6 Å². The lowest BCUT2D eigenvalue weighted by atomic mass is 10.1. The molecule has 1 saturated heterocycles. The third kappa shape index (κ3) is 7.54. The third-order valence-corrected chi connectivity index (χ3v) is 8.48. The van der Waals surface area contributed by atoms with Gasteiger partial charge in [-0.25, -0.2) is 22.8 Å². The van der Waals surface area contributed by atoms with Crippen molar-refractivity contribution in [3.63, 3.8) is 0 Å². The Balaban J connectivity index is 1.45. The monoisotopic (exact) mass is 526 g/mol. The molecule has 0 unspecified atom stereocenters. The second kappa shape index (κ2) is 13.0. The first-order chi connectivity index (χ1) is 18.0. The summed E-state index contributed by atoms with van der Waals surface area (Å²) in [6.07, 6.45) is 6.36. The molecule has 0 atom stereocenters. The molecular weight excluding hydrogens is 491 g/mol. The Labute approximate surface area is 218 Å². The van der Waals surface area contributed by atoms with Crippen LogP contribution >= 0.6 is 0 Å². The number of benzene rings is 2. The fourth-order valence-corrected chi connectivity index (χ4v) is 6.24. The van der Waals surface area contributed by atoms with Gasteiger partial charge in [-0.2, -0.15) is 4.31 Å². The third-order valence-electron chi connectivity index (χ3n) is 6.51. The van der Waals surface area contributed by atoms with E-state index in [0.717, 1.165) is 56.4 Å². The first-order valence-electron chi connectivity index (χ1n) is 12.8. The first-order valence-corrected chi connectivity index (χ1v) is 14.3. The number of nitrogens with one attached hydrogen (secondary N) is 2. The van der Waals surface area contributed by atoms with Crippen molar-refractivity contribution in [3.8, 4) is 0 Å². The normalized spacial score (nSPS) is 14.7. The van der Waals surface area contributed by atoms with Crippen LogP contribution in [0.4, 0.5) is 15.9 Å². The number of rotatable bonds is 12. The minimum atomic E-state index is -3.62. The molecule has 1 fully saturated rings. The van der Waals surface area contributed by atoms with E-state index in [1.54, 1.807) is 40.8 Å². The maximum Gasteiger partial charge on any atom is 0.243 e. The Morgan fingerprint density at radius 3 is 2.43 bits per heavy atom. The van der Waals surface area contributed by atoms with Crippen LogP contribution in [0.5, 0.6) is 0 Å². The molecule has 2 heterocycles. The van der Waals surface area contributed by atoms with Crippen LogP contribution in [0.3, 0.4) is 0 Å². The number of halogens is 1. The molecule has 0 radical (unpaired) electrons. The number of hydrogen-bond donors (Lipinski definition) is 3. The summed E-state index contributed by atoms with van der Waals surface area (Å²) < 4.78 is 42.1. The molecule has 0 spiro atoms. The Morgan fingerprint density at radius 1 is 1.00 bits per heavy atom. The molecule has 37 heavy (non-hydrogen) atoms. The number of unbranched alkanes of at least 4 members (excludes halogenated alkanes) is 2. The van der Waals surface area contributed by atoms with E-state index in [1.165, 1.54) is 12.1 Å². The van der Waals surface area contributed by atoms with E-state index < -0.39 is 10.0 Å². The van der Waals surface area contributed by atoms with Gasteiger partial charge in [0, 0.05) is 30.9 Å². The second-order valence-electron chi connectivity index (χ2n) is 9.26. The number of hydrogen-bond acceptors (Lipinski definition) is 7. The van der Waals surface area contributed by atoms with Crippen molar-refractivity contribution >= 4 is 21.5 Å². The fourth-order valence-electron chi connectivity index (χ4n) is 4.51. The van der Waals surface area contributed by atoms with Crippen LogP contribution in [0.2, 0.25) is 0 Å². The fraction of sp³-hybridized carbons (Fsp3) is 0.407. The molecule has 1 aliphatic heterocycles. The maximum absolute atomic E-state index is 13.6. The SMILES string of the molecule is NCCCCCN(C1CCNCC1)S(=O)(=O)c1ccc(Cc2nccc(Nc3ccc(F)cc3)n2)cc1. The van der Waals surface area contributed by atoms with Crippen molar-refractivity contribution in [2.24, 2.45) is 5.73 Å². The highest BCUT2D eigenvalue weighted by Crippen LogP contribution is 2.24. The minimum absolute atomic E-state index is 0.00792. The average Bonchev–Trinajstić information content (AvgIpc) is 2.91. The molecule has 198 valence electrons. The number of nitrogens with zero attached hydrogens (tertiary/aromatic N) is 3. The van der Waals surface area contributed by atoms with Crippen molar-refractivity contribution in [2.75, 3.05) is 31.5 Å². The van der Waals surface area contributed by atoms with Gasteiger partial charge in [0.15, 0.2) is 0 Å². The number of sulfonamides is 1. The summed E-state index contributed by atoms with van der Waals surface area (Å²) in [5.41, 5.74) is 7.25. The molecule has 4 N–H and O–H groups in total. The lowest BCUT2D eigenvalue weighted by Crippen LogP contribution is -2.46. The predicted octanol–water partition coefficient (Wildman–Crippen LogP) is 3.82. The van der Waals surface area contributed by atoms with Gasteiger partial charge in [0.2, 0.25) is 10.0 Å². The van der Waals surface area contributed by atoms with Crippen LogP contribution in [0.15, 0.2) is 65.7 Å². The van der Waals surface area contributed by atoms with Gasteiger partial charge < -0.3 is 16.4 Å². The van der Waals surface area contributed by atoms with E-state index in [4.69, 9.17) is 5.73 Å². The lowest BCUT2D eigenvalue weighted by molar-refractivity contribution is 0.258. The maximum atomic E-state index is 13.6. The van der Waals surface area contributed by atoms with E-state index in [1.807, 2.05) is 12.1 Å². The number of nitrogens with two attached hydrogens (primary N) is 1. The molecule has 2 aromatic carbocycles. The Morgan fingerprint density at radius 2 is 1.73 bits per heavy atom. The van der Waals surface area contributed by atoms with Crippen molar-refractivity contribution < 1.29 is 12.8 Å². The largest absolute Gasteiger partial charge is 0.340 e. The quantitative estimate of drug-likeness (QED) is 0.308. The number of aromatic nitrogens is 2. The summed E-state index contributed by atoms with van der Waals surface area (Å²) >= 11 is 0. The summed E-state index contributed by atoms with van der Waals surface area (Å²) in [6, 6.07) is 14.8. The van der Waals surface area contributed by atoms with Gasteiger partial charge in [-0.05, 0) is 93.3 Å². The zero-order chi connectivity index (χ0) is 26.1. The summed E-state index contributed by atoms with van der Waals surface area (Å²) in [7, 11) is -3.62. The van der Waals surface area contributed by atoms with Gasteiger partial charge in [-0.15, -0.1) is 0 Å². The van der Waals surface area contributed by atoms with Gasteiger partial charge in [-0.3, -0.25) is 0 Å². The van der Waals surface area contributed by atoms with Crippen LogP contribution in [0.1, 0.15) is 43.5 Å². The molecule has 1 aromatic heterocycles. The van der Waals surface area contributed by atoms with Gasteiger partial charge in [0.25, 0.3) is 0 Å². The topological polar surface area (TPSA) is 113 Å². The van der Waals surface area contributed by atoms with Gasteiger partial charge in [0.1, 0.15) is 17.5 Å². The molecule has 0 bridgehead atoms. The zero-order valence-corrected chi connectivity index (χ0v) is 21.8. The number of anilines is 2. The molecule has 1 aliphatic rings. The lowest BCUT2D eigenvalue weighted by Gasteiger charge is -2.34. The van der Waals surface area contributed by atoms with Crippen LogP contribution in [0, 0.1) is 5.82 Å². The van der Waals surface area contributed by atoms with Crippen LogP contribution in [0.25, 0.3) is 0 Å². The summed E-state index contributed by atoms with van der Waals surface area (Å²) in [4.78, 5) is 9.19. The van der Waals surface area contributed by atoms with Crippen LogP contribution in [-0.2, 0) is 16.4 Å². The molecule has 4 rings (SSSR count). The Kier molecular flexibility index (Phi) is 9.56. The summed E-state index contributed by atoms with van der Waals surface area (Å²) in [5, 5.41) is 6.46. The van der Waals surface area contributed by atoms with Crippen LogP contribution in [-0.4, -0.2) is 54.9 Å². The zero-order valence-electron chi connectivity index (χ0n) is 20.9. The van der Waals surface area contributed by atoms with Gasteiger partial charge in [-0.1, -0.05) is 18.6 Å². The molecular formula is C27H35FN6O2S. The van der Waals surface area contributed by atoms with Crippen LogP contribution < -0.4 is 16.4 Å². The van der Waals surface area contributed by atoms with Gasteiger partial charge in [0.05, 0.1) is 4.90 Å². The highest BCUT2D eigenvalue weighted by Gasteiger charge is 2.31. The molecule has 0 aliphatic carbocycles. The van der Waals surface area contributed by atoms with E-state index in [9.17, 15) is 12.8 Å². The van der Waals surface area contributed by atoms with E-state index in [0.29, 0.717) is 36.0 Å². The Bertz CT molecular complexity index is 1230. The molecule has 8 nitrogen and oxygen atoms in total. The summed E-state index contributed by atoms with van der Waals surface area (Å²) in [5.74, 6) is 0.895. The molecule has 10 heteroatoms. The standard InChI is InChI=1S/C27H35FN6O2S/c28-22-6-8-23(9-7-22)32-26-14-18-31-27(33-26)20-21-4-10-25(11-5-21)37(35,36)34(19-3-1-2-15-29)24-12-16-30-17-13-24/h4-11,14,18,24,30H,1-3,12-13,15-17,19-20,29H2,(H,31,32,33). The molecule has 0 saturated carbocycles.